The second kappa shape index (κ2) is 5.73. The molecule has 1 amide bonds. The monoisotopic (exact) mass is 324 g/mol. The number of nitrogens with zero attached hydrogens (tertiary/aromatic N) is 2. The number of thioether (sulfide) groups is 1. The van der Waals surface area contributed by atoms with E-state index in [1.165, 1.54) is 42.2 Å². The first-order valence-corrected chi connectivity index (χ1v) is 8.33. The van der Waals surface area contributed by atoms with Gasteiger partial charge in [-0.05, 0) is 24.1 Å². The lowest BCUT2D eigenvalue weighted by Crippen LogP contribution is -2.24. The topological polar surface area (TPSA) is 50.3 Å². The zero-order valence-corrected chi connectivity index (χ0v) is 13.0. The van der Waals surface area contributed by atoms with Crippen LogP contribution in [0.1, 0.15) is 13.3 Å². The third-order valence-corrected chi connectivity index (χ3v) is 5.38. The lowest BCUT2D eigenvalue weighted by Gasteiger charge is -2.12. The fourth-order valence-corrected chi connectivity index (χ4v) is 4.03. The zero-order valence-electron chi connectivity index (χ0n) is 11.3. The van der Waals surface area contributed by atoms with Crippen molar-refractivity contribution in [1.29, 1.82) is 0 Å². The summed E-state index contributed by atoms with van der Waals surface area (Å²) in [5.41, 5.74) is 0.700. The number of fused-ring (bicyclic) bond motifs is 1. The van der Waals surface area contributed by atoms with Gasteiger partial charge in [-0.25, -0.2) is 9.37 Å². The molecule has 0 radical (unpaired) electrons. The van der Waals surface area contributed by atoms with Gasteiger partial charge in [0.1, 0.15) is 5.82 Å². The summed E-state index contributed by atoms with van der Waals surface area (Å²) in [7, 11) is 0. The van der Waals surface area contributed by atoms with E-state index < -0.39 is 0 Å². The second-order valence-corrected chi connectivity index (χ2v) is 7.19. The number of benzene rings is 1. The first-order chi connectivity index (χ1) is 10.0. The number of hydrogen-bond donors (Lipinski definition) is 0. The summed E-state index contributed by atoms with van der Waals surface area (Å²) in [4.78, 5) is 29.1. The summed E-state index contributed by atoms with van der Waals surface area (Å²) in [5, 5.41) is 0.673. The first kappa shape index (κ1) is 14.5. The van der Waals surface area contributed by atoms with Gasteiger partial charge in [0.15, 0.2) is 10.2 Å². The van der Waals surface area contributed by atoms with Gasteiger partial charge in [-0.3, -0.25) is 14.5 Å². The van der Waals surface area contributed by atoms with E-state index in [0.29, 0.717) is 29.4 Å². The molecule has 3 rings (SSSR count). The van der Waals surface area contributed by atoms with Crippen LogP contribution in [0.25, 0.3) is 10.2 Å². The quantitative estimate of drug-likeness (QED) is 0.871. The van der Waals surface area contributed by atoms with Crippen molar-refractivity contribution in [2.75, 3.05) is 17.2 Å². The highest BCUT2D eigenvalue weighted by Gasteiger charge is 2.32. The minimum atomic E-state index is -0.304. The van der Waals surface area contributed by atoms with Crippen molar-refractivity contribution in [3.05, 3.63) is 24.0 Å². The molecule has 0 saturated carbocycles. The lowest BCUT2D eigenvalue weighted by atomic mass is 10.1. The van der Waals surface area contributed by atoms with Crippen molar-refractivity contribution in [3.8, 4) is 0 Å². The number of carbonyl (C=O) groups is 2. The molecule has 2 aromatic rings. The third kappa shape index (κ3) is 3.08. The number of thiazole rings is 1. The predicted octanol–water partition coefficient (Wildman–Crippen LogP) is 3.07. The molecule has 4 nitrogen and oxygen atoms in total. The van der Waals surface area contributed by atoms with Crippen LogP contribution in [0.15, 0.2) is 18.2 Å². The van der Waals surface area contributed by atoms with Crippen LogP contribution < -0.4 is 4.90 Å². The van der Waals surface area contributed by atoms with Crippen molar-refractivity contribution < 1.29 is 14.0 Å². The number of hydrogen-bond acceptors (Lipinski definition) is 5. The van der Waals surface area contributed by atoms with Crippen molar-refractivity contribution in [3.63, 3.8) is 0 Å². The molecule has 0 aliphatic carbocycles. The minimum absolute atomic E-state index is 0.0173. The molecule has 0 bridgehead atoms. The zero-order chi connectivity index (χ0) is 15.0. The van der Waals surface area contributed by atoms with Crippen LogP contribution in [-0.4, -0.2) is 28.3 Å². The molecule has 2 heterocycles. The summed E-state index contributed by atoms with van der Waals surface area (Å²) in [5.74, 6) is 0.525. The molecule has 110 valence electrons. The molecular formula is C14H13FN2O2S2. The average molecular weight is 324 g/mol. The molecule has 21 heavy (non-hydrogen) atoms. The van der Waals surface area contributed by atoms with Crippen LogP contribution in [0.4, 0.5) is 9.52 Å². The van der Waals surface area contributed by atoms with Crippen molar-refractivity contribution >= 4 is 49.5 Å². The Morgan fingerprint density at radius 3 is 3.14 bits per heavy atom. The Labute approximate surface area is 129 Å². The van der Waals surface area contributed by atoms with E-state index in [1.807, 2.05) is 0 Å². The van der Waals surface area contributed by atoms with Crippen molar-refractivity contribution in [2.24, 2.45) is 5.92 Å². The maximum Gasteiger partial charge on any atom is 0.229 e. The molecule has 1 aromatic carbocycles. The van der Waals surface area contributed by atoms with Crippen molar-refractivity contribution in [2.45, 2.75) is 13.3 Å². The smallest absolute Gasteiger partial charge is 0.229 e. The molecule has 1 unspecified atom stereocenters. The number of aromatic nitrogens is 1. The lowest BCUT2D eigenvalue weighted by molar-refractivity contribution is -0.117. The first-order valence-electron chi connectivity index (χ1n) is 6.53. The van der Waals surface area contributed by atoms with Crippen LogP contribution in [-0.2, 0) is 9.59 Å². The van der Waals surface area contributed by atoms with Gasteiger partial charge in [0.05, 0.1) is 10.2 Å². The van der Waals surface area contributed by atoms with Crippen LogP contribution >= 0.6 is 23.1 Å². The highest BCUT2D eigenvalue weighted by Crippen LogP contribution is 2.33. The highest BCUT2D eigenvalue weighted by atomic mass is 32.2. The number of halogens is 1. The number of rotatable bonds is 3. The van der Waals surface area contributed by atoms with Gasteiger partial charge in [-0.15, -0.1) is 0 Å². The van der Waals surface area contributed by atoms with Gasteiger partial charge in [0.25, 0.3) is 0 Å². The van der Waals surface area contributed by atoms with Crippen LogP contribution in [0.2, 0.25) is 0 Å². The number of carbonyl (C=O) groups excluding carboxylic acids is 2. The van der Waals surface area contributed by atoms with E-state index in [0.717, 1.165) is 4.70 Å². The van der Waals surface area contributed by atoms with Crippen molar-refractivity contribution in [1.82, 2.24) is 4.98 Å². The molecule has 1 aromatic heterocycles. The highest BCUT2D eigenvalue weighted by molar-refractivity contribution is 8.13. The van der Waals surface area contributed by atoms with E-state index in [1.54, 1.807) is 11.0 Å². The largest absolute Gasteiger partial charge is 0.288 e. The van der Waals surface area contributed by atoms with E-state index in [9.17, 15) is 14.0 Å². The Morgan fingerprint density at radius 1 is 1.57 bits per heavy atom. The standard InChI is InChI=1S/C14H13FN2O2S2/c1-8(18)20-7-9-4-13(19)17(6-9)14-16-11-3-2-10(15)5-12(11)21-14/h2-3,5,9H,4,6-7H2,1H3. The van der Waals surface area contributed by atoms with Gasteiger partial charge in [0.2, 0.25) is 5.91 Å². The minimum Gasteiger partial charge on any atom is -0.288 e. The maximum absolute atomic E-state index is 13.2. The van der Waals surface area contributed by atoms with Crippen LogP contribution in [0.5, 0.6) is 0 Å². The predicted molar refractivity (Wildman–Crippen MR) is 83.2 cm³/mol. The Balaban J connectivity index is 1.79. The SMILES string of the molecule is CC(=O)SCC1CC(=O)N(c2nc3ccc(F)cc3s2)C1. The Hall–Kier alpha value is -1.47. The van der Waals surface area contributed by atoms with E-state index >= 15 is 0 Å². The van der Waals surface area contributed by atoms with E-state index in [4.69, 9.17) is 0 Å². The van der Waals surface area contributed by atoms with Crippen LogP contribution in [0.3, 0.4) is 0 Å². The normalized spacial score (nSPS) is 18.7. The van der Waals surface area contributed by atoms with Gasteiger partial charge in [0, 0.05) is 25.6 Å². The maximum atomic E-state index is 13.2. The van der Waals surface area contributed by atoms with Gasteiger partial charge in [-0.1, -0.05) is 23.1 Å². The van der Waals surface area contributed by atoms with Gasteiger partial charge in [-0.2, -0.15) is 0 Å². The Morgan fingerprint density at radius 2 is 2.38 bits per heavy atom. The number of anilines is 1. The number of amides is 1. The molecule has 0 spiro atoms. The fourth-order valence-electron chi connectivity index (χ4n) is 2.32. The molecule has 1 fully saturated rings. The molecule has 0 N–H and O–H groups in total. The fraction of sp³-hybridized carbons (Fsp3) is 0.357. The van der Waals surface area contributed by atoms with Gasteiger partial charge < -0.3 is 0 Å². The Bertz CT molecular complexity index is 716. The van der Waals surface area contributed by atoms with Gasteiger partial charge >= 0.3 is 0 Å². The second-order valence-electron chi connectivity index (χ2n) is 4.99. The summed E-state index contributed by atoms with van der Waals surface area (Å²) < 4.78 is 13.9. The molecular weight excluding hydrogens is 311 g/mol. The third-order valence-electron chi connectivity index (χ3n) is 3.30. The summed E-state index contributed by atoms with van der Waals surface area (Å²) >= 11 is 2.57. The molecule has 1 aliphatic rings. The molecule has 1 saturated heterocycles. The molecule has 7 heteroatoms. The van der Waals surface area contributed by atoms with Crippen LogP contribution in [0, 0.1) is 11.7 Å². The summed E-state index contributed by atoms with van der Waals surface area (Å²) in [6.45, 7) is 2.10. The molecule has 1 atom stereocenters. The van der Waals surface area contributed by atoms with E-state index in [-0.39, 0.29) is 22.8 Å². The molecule has 1 aliphatic heterocycles. The summed E-state index contributed by atoms with van der Waals surface area (Å²) in [6, 6.07) is 4.42. The summed E-state index contributed by atoms with van der Waals surface area (Å²) in [6.07, 6.45) is 0.435. The van der Waals surface area contributed by atoms with E-state index in [2.05, 4.69) is 4.98 Å². The Kier molecular flexibility index (Phi) is 3.95. The average Bonchev–Trinajstić information content (AvgIpc) is 2.99.